The lowest BCUT2D eigenvalue weighted by molar-refractivity contribution is 0.101. The van der Waals surface area contributed by atoms with E-state index in [1.807, 2.05) is 17.8 Å². The van der Waals surface area contributed by atoms with E-state index >= 15 is 0 Å². The van der Waals surface area contributed by atoms with Gasteiger partial charge in [-0.25, -0.2) is 4.98 Å². The molecule has 0 radical (unpaired) electrons. The Labute approximate surface area is 117 Å². The minimum Gasteiger partial charge on any atom is -0.492 e. The van der Waals surface area contributed by atoms with Crippen LogP contribution in [-0.4, -0.2) is 21.9 Å². The molecule has 0 fully saturated rings. The van der Waals surface area contributed by atoms with E-state index in [4.69, 9.17) is 16.3 Å². The molecule has 0 N–H and O–H groups in total. The van der Waals surface area contributed by atoms with E-state index in [0.717, 1.165) is 5.82 Å². The number of benzene rings is 1. The molecule has 0 aliphatic rings. The van der Waals surface area contributed by atoms with Crippen molar-refractivity contribution in [1.29, 1.82) is 0 Å². The Morgan fingerprint density at radius 2 is 2.26 bits per heavy atom. The van der Waals surface area contributed by atoms with E-state index in [-0.39, 0.29) is 5.78 Å². The number of carbonyl (C=O) groups excluding carboxylic acids is 1. The SMILES string of the molecule is CC(=O)c1cc(Cl)ccc1OCCc1nccn1C. The second-order valence-electron chi connectivity index (χ2n) is 4.25. The van der Waals surface area contributed by atoms with Crippen molar-refractivity contribution in [2.24, 2.45) is 7.05 Å². The number of halogens is 1. The summed E-state index contributed by atoms with van der Waals surface area (Å²) in [4.78, 5) is 15.7. The summed E-state index contributed by atoms with van der Waals surface area (Å²) in [6, 6.07) is 5.06. The van der Waals surface area contributed by atoms with Crippen LogP contribution in [0.4, 0.5) is 0 Å². The quantitative estimate of drug-likeness (QED) is 0.790. The highest BCUT2D eigenvalue weighted by Crippen LogP contribution is 2.23. The number of nitrogens with zero attached hydrogens (tertiary/aromatic N) is 2. The molecule has 0 spiro atoms. The summed E-state index contributed by atoms with van der Waals surface area (Å²) in [5, 5.41) is 0.529. The van der Waals surface area contributed by atoms with Crippen LogP contribution in [0.3, 0.4) is 0 Å². The van der Waals surface area contributed by atoms with Crippen LogP contribution in [0.25, 0.3) is 0 Å². The minimum atomic E-state index is -0.0607. The summed E-state index contributed by atoms with van der Waals surface area (Å²) < 4.78 is 7.59. The van der Waals surface area contributed by atoms with Crippen LogP contribution in [0.5, 0.6) is 5.75 Å². The van der Waals surface area contributed by atoms with Gasteiger partial charge in [-0.2, -0.15) is 0 Å². The Morgan fingerprint density at radius 3 is 2.89 bits per heavy atom. The molecule has 0 unspecified atom stereocenters. The first-order valence-corrected chi connectivity index (χ1v) is 6.35. The van der Waals surface area contributed by atoms with Crippen molar-refractivity contribution in [3.63, 3.8) is 0 Å². The molecule has 0 amide bonds. The fourth-order valence-corrected chi connectivity index (χ4v) is 1.96. The second-order valence-corrected chi connectivity index (χ2v) is 4.69. The van der Waals surface area contributed by atoms with Crippen LogP contribution in [-0.2, 0) is 13.5 Å². The van der Waals surface area contributed by atoms with E-state index < -0.39 is 0 Å². The maximum Gasteiger partial charge on any atom is 0.163 e. The molecular formula is C14H15ClN2O2. The number of Topliss-reactive ketones (excluding diaryl/α,β-unsaturated/α-hetero) is 1. The number of ketones is 1. The van der Waals surface area contributed by atoms with Crippen LogP contribution in [0.15, 0.2) is 30.6 Å². The van der Waals surface area contributed by atoms with Crippen molar-refractivity contribution in [2.45, 2.75) is 13.3 Å². The number of ether oxygens (including phenoxy) is 1. The first-order chi connectivity index (χ1) is 9.08. The van der Waals surface area contributed by atoms with Gasteiger partial charge in [-0.15, -0.1) is 0 Å². The van der Waals surface area contributed by atoms with Gasteiger partial charge in [0.1, 0.15) is 11.6 Å². The van der Waals surface area contributed by atoms with Crippen molar-refractivity contribution < 1.29 is 9.53 Å². The van der Waals surface area contributed by atoms with Gasteiger partial charge in [0, 0.05) is 30.9 Å². The number of rotatable bonds is 5. The van der Waals surface area contributed by atoms with Crippen molar-refractivity contribution >= 4 is 17.4 Å². The smallest absolute Gasteiger partial charge is 0.163 e. The summed E-state index contributed by atoms with van der Waals surface area (Å²) in [6.45, 7) is 1.96. The Morgan fingerprint density at radius 1 is 1.47 bits per heavy atom. The zero-order valence-corrected chi connectivity index (χ0v) is 11.6. The molecule has 2 rings (SSSR count). The fraction of sp³-hybridized carbons (Fsp3) is 0.286. The molecule has 19 heavy (non-hydrogen) atoms. The number of hydrogen-bond donors (Lipinski definition) is 0. The third kappa shape index (κ3) is 3.35. The minimum absolute atomic E-state index is 0.0607. The first-order valence-electron chi connectivity index (χ1n) is 5.97. The summed E-state index contributed by atoms with van der Waals surface area (Å²) in [6.07, 6.45) is 4.32. The third-order valence-corrected chi connectivity index (χ3v) is 3.06. The lowest BCUT2D eigenvalue weighted by Crippen LogP contribution is -2.08. The van der Waals surface area contributed by atoms with Crippen LogP contribution < -0.4 is 4.74 Å². The standard InChI is InChI=1S/C14H15ClN2O2/c1-10(18)12-9-11(15)3-4-13(12)19-8-5-14-16-6-7-17(14)2/h3-4,6-7,9H,5,8H2,1-2H3. The van der Waals surface area contributed by atoms with E-state index in [1.165, 1.54) is 6.92 Å². The lowest BCUT2D eigenvalue weighted by atomic mass is 10.1. The Balaban J connectivity index is 2.03. The van der Waals surface area contributed by atoms with Crippen molar-refractivity contribution in [1.82, 2.24) is 9.55 Å². The molecule has 4 nitrogen and oxygen atoms in total. The molecular weight excluding hydrogens is 264 g/mol. The Hall–Kier alpha value is -1.81. The molecule has 5 heteroatoms. The van der Waals surface area contributed by atoms with Crippen LogP contribution in [0, 0.1) is 0 Å². The highest BCUT2D eigenvalue weighted by molar-refractivity contribution is 6.31. The maximum atomic E-state index is 11.5. The van der Waals surface area contributed by atoms with Gasteiger partial charge in [0.2, 0.25) is 0 Å². The average molecular weight is 279 g/mol. The predicted molar refractivity (Wildman–Crippen MR) is 73.9 cm³/mol. The van der Waals surface area contributed by atoms with E-state index in [9.17, 15) is 4.79 Å². The molecule has 100 valence electrons. The Bertz CT molecular complexity index is 593. The van der Waals surface area contributed by atoms with Gasteiger partial charge < -0.3 is 9.30 Å². The number of imidazole rings is 1. The molecule has 0 bridgehead atoms. The summed E-state index contributed by atoms with van der Waals surface area (Å²) in [5.74, 6) is 1.44. The van der Waals surface area contributed by atoms with Crippen molar-refractivity contribution in [2.75, 3.05) is 6.61 Å². The lowest BCUT2D eigenvalue weighted by Gasteiger charge is -2.10. The van der Waals surface area contributed by atoms with Gasteiger partial charge >= 0.3 is 0 Å². The van der Waals surface area contributed by atoms with Gasteiger partial charge in [-0.3, -0.25) is 4.79 Å². The molecule has 1 aromatic heterocycles. The molecule has 2 aromatic rings. The monoisotopic (exact) mass is 278 g/mol. The van der Waals surface area contributed by atoms with Gasteiger partial charge in [0.15, 0.2) is 5.78 Å². The molecule has 0 saturated carbocycles. The first kappa shape index (κ1) is 13.6. The zero-order valence-electron chi connectivity index (χ0n) is 10.9. The van der Waals surface area contributed by atoms with Gasteiger partial charge in [-0.1, -0.05) is 11.6 Å². The number of aryl methyl sites for hydroxylation is 1. The predicted octanol–water partition coefficient (Wildman–Crippen LogP) is 2.90. The molecule has 1 heterocycles. The second kappa shape index (κ2) is 5.89. The van der Waals surface area contributed by atoms with Crippen molar-refractivity contribution in [3.8, 4) is 5.75 Å². The summed E-state index contributed by atoms with van der Waals surface area (Å²) in [7, 11) is 1.94. The topological polar surface area (TPSA) is 44.1 Å². The number of hydrogen-bond acceptors (Lipinski definition) is 3. The highest BCUT2D eigenvalue weighted by Gasteiger charge is 2.09. The van der Waals surface area contributed by atoms with Gasteiger partial charge in [0.05, 0.1) is 12.2 Å². The van der Waals surface area contributed by atoms with Crippen molar-refractivity contribution in [3.05, 3.63) is 47.0 Å². The average Bonchev–Trinajstić information content (AvgIpc) is 2.77. The van der Waals surface area contributed by atoms with E-state index in [1.54, 1.807) is 24.4 Å². The number of aromatic nitrogens is 2. The normalized spacial score (nSPS) is 10.5. The van der Waals surface area contributed by atoms with Gasteiger partial charge in [0.25, 0.3) is 0 Å². The third-order valence-electron chi connectivity index (χ3n) is 2.83. The largest absolute Gasteiger partial charge is 0.492 e. The van der Waals surface area contributed by atoms with Gasteiger partial charge in [-0.05, 0) is 25.1 Å². The van der Waals surface area contributed by atoms with Crippen LogP contribution >= 0.6 is 11.6 Å². The van der Waals surface area contributed by atoms with Crippen LogP contribution in [0.2, 0.25) is 5.02 Å². The Kier molecular flexibility index (Phi) is 4.22. The summed E-state index contributed by atoms with van der Waals surface area (Å²) in [5.41, 5.74) is 0.507. The highest BCUT2D eigenvalue weighted by atomic mass is 35.5. The number of carbonyl (C=O) groups is 1. The molecule has 0 aliphatic carbocycles. The zero-order chi connectivity index (χ0) is 13.8. The summed E-state index contributed by atoms with van der Waals surface area (Å²) >= 11 is 5.88. The fourth-order valence-electron chi connectivity index (χ4n) is 1.79. The molecule has 1 aromatic carbocycles. The maximum absolute atomic E-state index is 11.5. The molecule has 0 atom stereocenters. The molecule has 0 saturated heterocycles. The van der Waals surface area contributed by atoms with E-state index in [2.05, 4.69) is 4.98 Å². The van der Waals surface area contributed by atoms with Crippen LogP contribution in [0.1, 0.15) is 23.1 Å². The molecule has 0 aliphatic heterocycles. The van der Waals surface area contributed by atoms with E-state index in [0.29, 0.717) is 29.4 Å².